The summed E-state index contributed by atoms with van der Waals surface area (Å²) < 4.78 is 8.34. The number of halogens is 1. The van der Waals surface area contributed by atoms with Crippen molar-refractivity contribution in [3.8, 4) is 11.4 Å². The minimum absolute atomic E-state index is 0.791. The molecule has 17 heavy (non-hydrogen) atoms. The SMILES string of the molecule is CNc1nc(C)cn1-c1cc(Br)ccc1OC. The van der Waals surface area contributed by atoms with Crippen molar-refractivity contribution >= 4 is 21.9 Å². The van der Waals surface area contributed by atoms with E-state index in [1.807, 2.05) is 42.9 Å². The largest absolute Gasteiger partial charge is 0.495 e. The van der Waals surface area contributed by atoms with Gasteiger partial charge in [-0.15, -0.1) is 0 Å². The van der Waals surface area contributed by atoms with Crippen LogP contribution >= 0.6 is 15.9 Å². The normalized spacial score (nSPS) is 10.4. The van der Waals surface area contributed by atoms with Crippen LogP contribution in [-0.4, -0.2) is 23.7 Å². The monoisotopic (exact) mass is 295 g/mol. The Morgan fingerprint density at radius 2 is 2.18 bits per heavy atom. The fourth-order valence-electron chi connectivity index (χ4n) is 1.71. The van der Waals surface area contributed by atoms with E-state index in [0.29, 0.717) is 0 Å². The molecule has 1 aromatic heterocycles. The minimum atomic E-state index is 0.791. The molecule has 1 N–H and O–H groups in total. The lowest BCUT2D eigenvalue weighted by molar-refractivity contribution is 0.413. The number of ether oxygens (including phenoxy) is 1. The molecule has 0 aliphatic rings. The van der Waals surface area contributed by atoms with Crippen molar-refractivity contribution in [3.05, 3.63) is 34.6 Å². The number of hydrogen-bond donors (Lipinski definition) is 1. The average molecular weight is 296 g/mol. The van der Waals surface area contributed by atoms with Gasteiger partial charge in [0.15, 0.2) is 0 Å². The molecular weight excluding hydrogens is 282 g/mol. The van der Waals surface area contributed by atoms with Gasteiger partial charge in [-0.25, -0.2) is 4.98 Å². The number of aryl methyl sites for hydroxylation is 1. The lowest BCUT2D eigenvalue weighted by atomic mass is 10.3. The first-order chi connectivity index (χ1) is 8.15. The van der Waals surface area contributed by atoms with E-state index >= 15 is 0 Å². The van der Waals surface area contributed by atoms with E-state index in [4.69, 9.17) is 4.74 Å². The fraction of sp³-hybridized carbons (Fsp3) is 0.250. The molecule has 0 saturated heterocycles. The number of benzene rings is 1. The van der Waals surface area contributed by atoms with E-state index in [-0.39, 0.29) is 0 Å². The zero-order valence-corrected chi connectivity index (χ0v) is 11.6. The Labute approximate surface area is 109 Å². The smallest absolute Gasteiger partial charge is 0.207 e. The summed E-state index contributed by atoms with van der Waals surface area (Å²) in [5, 5.41) is 3.07. The fourth-order valence-corrected chi connectivity index (χ4v) is 2.06. The maximum absolute atomic E-state index is 5.37. The van der Waals surface area contributed by atoms with E-state index in [2.05, 4.69) is 26.2 Å². The molecule has 4 nitrogen and oxygen atoms in total. The van der Waals surface area contributed by atoms with Crippen molar-refractivity contribution in [2.75, 3.05) is 19.5 Å². The number of imidazole rings is 1. The van der Waals surface area contributed by atoms with Crippen LogP contribution in [0.4, 0.5) is 5.95 Å². The molecule has 5 heteroatoms. The van der Waals surface area contributed by atoms with Gasteiger partial charge in [-0.3, -0.25) is 4.57 Å². The van der Waals surface area contributed by atoms with Crippen molar-refractivity contribution in [3.63, 3.8) is 0 Å². The highest BCUT2D eigenvalue weighted by atomic mass is 79.9. The molecule has 0 bridgehead atoms. The Hall–Kier alpha value is -1.49. The molecule has 0 aliphatic heterocycles. The van der Waals surface area contributed by atoms with Gasteiger partial charge in [0, 0.05) is 17.7 Å². The van der Waals surface area contributed by atoms with E-state index in [9.17, 15) is 0 Å². The van der Waals surface area contributed by atoms with Gasteiger partial charge in [0.25, 0.3) is 0 Å². The van der Waals surface area contributed by atoms with E-state index < -0.39 is 0 Å². The lowest BCUT2D eigenvalue weighted by Crippen LogP contribution is -2.02. The molecule has 2 rings (SSSR count). The second kappa shape index (κ2) is 4.79. The first-order valence-corrected chi connectivity index (χ1v) is 6.02. The summed E-state index contributed by atoms with van der Waals surface area (Å²) in [5.41, 5.74) is 1.91. The Balaban J connectivity index is 2.61. The van der Waals surface area contributed by atoms with Crippen LogP contribution in [0.2, 0.25) is 0 Å². The standard InChI is InChI=1S/C12H14BrN3O/c1-8-7-16(12(14-2)15-8)10-6-9(13)4-5-11(10)17-3/h4-7H,1-3H3,(H,14,15). The van der Waals surface area contributed by atoms with Crippen molar-refractivity contribution in [2.24, 2.45) is 0 Å². The predicted molar refractivity (Wildman–Crippen MR) is 72.1 cm³/mol. The summed E-state index contributed by atoms with van der Waals surface area (Å²) in [6, 6.07) is 5.88. The molecular formula is C12H14BrN3O. The quantitative estimate of drug-likeness (QED) is 0.946. The molecule has 0 saturated carbocycles. The Morgan fingerprint density at radius 1 is 1.41 bits per heavy atom. The van der Waals surface area contributed by atoms with Crippen molar-refractivity contribution in [1.82, 2.24) is 9.55 Å². The van der Waals surface area contributed by atoms with Gasteiger partial charge < -0.3 is 10.1 Å². The van der Waals surface area contributed by atoms with Crippen LogP contribution in [0.15, 0.2) is 28.9 Å². The Kier molecular flexibility index (Phi) is 3.38. The molecule has 0 fully saturated rings. The van der Waals surface area contributed by atoms with Gasteiger partial charge in [0.2, 0.25) is 5.95 Å². The van der Waals surface area contributed by atoms with Gasteiger partial charge >= 0.3 is 0 Å². The van der Waals surface area contributed by atoms with E-state index in [0.717, 1.165) is 27.6 Å². The summed E-state index contributed by atoms with van der Waals surface area (Å²) >= 11 is 3.47. The first-order valence-electron chi connectivity index (χ1n) is 5.23. The van der Waals surface area contributed by atoms with Gasteiger partial charge in [-0.05, 0) is 25.1 Å². The summed E-state index contributed by atoms with van der Waals surface area (Å²) in [6.45, 7) is 1.96. The molecule has 0 spiro atoms. The molecule has 90 valence electrons. The third-order valence-electron chi connectivity index (χ3n) is 2.45. The lowest BCUT2D eigenvalue weighted by Gasteiger charge is -2.12. The van der Waals surface area contributed by atoms with Crippen molar-refractivity contribution < 1.29 is 4.74 Å². The Bertz CT molecular complexity index is 537. The molecule has 1 aromatic carbocycles. The summed E-state index contributed by atoms with van der Waals surface area (Å²) in [4.78, 5) is 4.39. The second-order valence-corrected chi connectivity index (χ2v) is 4.56. The third-order valence-corrected chi connectivity index (χ3v) is 2.94. The van der Waals surface area contributed by atoms with Crippen LogP contribution in [0.1, 0.15) is 5.69 Å². The highest BCUT2D eigenvalue weighted by Gasteiger charge is 2.11. The molecule has 0 radical (unpaired) electrons. The number of aromatic nitrogens is 2. The van der Waals surface area contributed by atoms with Crippen LogP contribution < -0.4 is 10.1 Å². The number of nitrogens with one attached hydrogen (secondary N) is 1. The summed E-state index contributed by atoms with van der Waals surface area (Å²) in [6.07, 6.45) is 1.97. The second-order valence-electron chi connectivity index (χ2n) is 3.64. The van der Waals surface area contributed by atoms with Crippen molar-refractivity contribution in [1.29, 1.82) is 0 Å². The maximum Gasteiger partial charge on any atom is 0.207 e. The van der Waals surface area contributed by atoms with Crippen molar-refractivity contribution in [2.45, 2.75) is 6.92 Å². The van der Waals surface area contributed by atoms with E-state index in [1.165, 1.54) is 0 Å². The average Bonchev–Trinajstić information content (AvgIpc) is 2.70. The highest BCUT2D eigenvalue weighted by Crippen LogP contribution is 2.29. The van der Waals surface area contributed by atoms with Gasteiger partial charge in [-0.2, -0.15) is 0 Å². The highest BCUT2D eigenvalue weighted by molar-refractivity contribution is 9.10. The van der Waals surface area contributed by atoms with Crippen LogP contribution in [0.5, 0.6) is 5.75 Å². The number of hydrogen-bond acceptors (Lipinski definition) is 3. The molecule has 1 heterocycles. The van der Waals surface area contributed by atoms with Gasteiger partial charge in [-0.1, -0.05) is 15.9 Å². The van der Waals surface area contributed by atoms with Crippen LogP contribution in [0, 0.1) is 6.92 Å². The van der Waals surface area contributed by atoms with Crippen LogP contribution in [-0.2, 0) is 0 Å². The molecule has 0 amide bonds. The minimum Gasteiger partial charge on any atom is -0.495 e. The zero-order chi connectivity index (χ0) is 12.4. The van der Waals surface area contributed by atoms with Crippen LogP contribution in [0.25, 0.3) is 5.69 Å². The molecule has 0 aliphatic carbocycles. The maximum atomic E-state index is 5.37. The topological polar surface area (TPSA) is 39.1 Å². The van der Waals surface area contributed by atoms with Gasteiger partial charge in [0.05, 0.1) is 18.5 Å². The molecule has 2 aromatic rings. The number of methoxy groups -OCH3 is 1. The number of anilines is 1. The molecule has 0 atom stereocenters. The van der Waals surface area contributed by atoms with E-state index in [1.54, 1.807) is 7.11 Å². The van der Waals surface area contributed by atoms with Crippen LogP contribution in [0.3, 0.4) is 0 Å². The third kappa shape index (κ3) is 2.29. The number of rotatable bonds is 3. The van der Waals surface area contributed by atoms with Gasteiger partial charge in [0.1, 0.15) is 5.75 Å². The predicted octanol–water partition coefficient (Wildman–Crippen LogP) is 2.99. The molecule has 0 unspecified atom stereocenters. The number of nitrogens with zero attached hydrogens (tertiary/aromatic N) is 2. The summed E-state index contributed by atoms with van der Waals surface area (Å²) in [7, 11) is 3.51. The first kappa shape index (κ1) is 12.0. The summed E-state index contributed by atoms with van der Waals surface area (Å²) in [5.74, 6) is 1.60. The zero-order valence-electron chi connectivity index (χ0n) is 9.99. The Morgan fingerprint density at radius 3 is 2.82 bits per heavy atom.